The smallest absolute Gasteiger partial charge is 0.200 e. The Balaban J connectivity index is 2.88. The molecule has 2 nitrogen and oxygen atoms in total. The number of rotatable bonds is 2. The molecule has 1 aromatic carbocycles. The molecule has 0 saturated carbocycles. The van der Waals surface area contributed by atoms with E-state index in [4.69, 9.17) is 4.42 Å². The summed E-state index contributed by atoms with van der Waals surface area (Å²) in [5.74, 6) is 0. The van der Waals surface area contributed by atoms with Crippen molar-refractivity contribution in [3.8, 4) is 0 Å². The highest BCUT2D eigenvalue weighted by atomic mass is 79.9. The molecule has 1 aromatic heterocycles. The van der Waals surface area contributed by atoms with Crippen molar-refractivity contribution >= 4 is 39.1 Å². The van der Waals surface area contributed by atoms with Crippen LogP contribution in [0.3, 0.4) is 0 Å². The normalized spacial score (nSPS) is 14.3. The molecule has 3 heteroatoms. The third-order valence-corrected chi connectivity index (χ3v) is 3.78. The molecule has 0 saturated heterocycles. The standard InChI is InChI=1S/C17H17BrO2/c1-4-11(3)6-8-15-13(5-2)17(19)14-10-12(18)7-9-16(14)20-15/h5-10H,4H2,1-3H3/b11-6+,13-5+,15-8+. The maximum absolute atomic E-state index is 12.5. The molecule has 0 bridgehead atoms. The van der Waals surface area contributed by atoms with Crippen LogP contribution in [0, 0.1) is 0 Å². The van der Waals surface area contributed by atoms with Gasteiger partial charge in [0.05, 0.1) is 10.6 Å². The van der Waals surface area contributed by atoms with Gasteiger partial charge in [-0.2, -0.15) is 0 Å². The Labute approximate surface area is 126 Å². The molecule has 0 radical (unpaired) electrons. The minimum atomic E-state index is 0.00357. The molecule has 0 aliphatic rings. The van der Waals surface area contributed by atoms with Crippen LogP contribution in [-0.2, 0) is 0 Å². The lowest BCUT2D eigenvalue weighted by Gasteiger charge is -1.99. The molecular weight excluding hydrogens is 316 g/mol. The van der Waals surface area contributed by atoms with Crippen molar-refractivity contribution in [1.29, 1.82) is 0 Å². The van der Waals surface area contributed by atoms with Crippen molar-refractivity contribution in [3.05, 3.63) is 55.2 Å². The van der Waals surface area contributed by atoms with Crippen LogP contribution in [0.2, 0.25) is 0 Å². The minimum Gasteiger partial charge on any atom is -0.456 e. The first-order valence-corrected chi connectivity index (χ1v) is 7.42. The van der Waals surface area contributed by atoms with Gasteiger partial charge in [-0.15, -0.1) is 0 Å². The molecule has 2 aromatic rings. The van der Waals surface area contributed by atoms with Crippen LogP contribution in [0.15, 0.2) is 43.5 Å². The summed E-state index contributed by atoms with van der Waals surface area (Å²) in [7, 11) is 0. The molecular formula is C17H17BrO2. The molecule has 0 atom stereocenters. The zero-order chi connectivity index (χ0) is 14.7. The quantitative estimate of drug-likeness (QED) is 0.842. The molecule has 0 aliphatic carbocycles. The summed E-state index contributed by atoms with van der Waals surface area (Å²) in [5.41, 5.74) is 2.46. The Morgan fingerprint density at radius 2 is 2.15 bits per heavy atom. The number of hydrogen-bond acceptors (Lipinski definition) is 2. The van der Waals surface area contributed by atoms with Gasteiger partial charge >= 0.3 is 0 Å². The van der Waals surface area contributed by atoms with E-state index in [1.165, 1.54) is 5.57 Å². The van der Waals surface area contributed by atoms with E-state index >= 15 is 0 Å². The average molecular weight is 333 g/mol. The first kappa shape index (κ1) is 14.8. The predicted octanol–water partition coefficient (Wildman–Crippen LogP) is 3.49. The topological polar surface area (TPSA) is 30.2 Å². The van der Waals surface area contributed by atoms with Gasteiger partial charge in [0.2, 0.25) is 0 Å². The molecule has 0 fully saturated rings. The Kier molecular flexibility index (Phi) is 4.61. The van der Waals surface area contributed by atoms with E-state index in [1.54, 1.807) is 12.1 Å². The van der Waals surface area contributed by atoms with E-state index in [-0.39, 0.29) is 5.43 Å². The van der Waals surface area contributed by atoms with Crippen LogP contribution in [0.25, 0.3) is 23.1 Å². The van der Waals surface area contributed by atoms with E-state index < -0.39 is 0 Å². The van der Waals surface area contributed by atoms with Crippen LogP contribution in [-0.4, -0.2) is 0 Å². The second-order valence-electron chi connectivity index (χ2n) is 4.67. The van der Waals surface area contributed by atoms with Gasteiger partial charge in [-0.3, -0.25) is 4.79 Å². The SMILES string of the molecule is C/C=c1/c(=O)c2cc(Br)ccc2o/c1=C/C=C(\C)CC. The summed E-state index contributed by atoms with van der Waals surface area (Å²) in [4.78, 5) is 12.5. The molecule has 0 amide bonds. The van der Waals surface area contributed by atoms with Gasteiger partial charge in [-0.05, 0) is 44.5 Å². The van der Waals surface area contributed by atoms with Crippen LogP contribution < -0.4 is 16.1 Å². The number of fused-ring (bicyclic) bond motifs is 1. The first-order chi connectivity index (χ1) is 9.56. The zero-order valence-electron chi connectivity index (χ0n) is 11.9. The number of benzene rings is 1. The van der Waals surface area contributed by atoms with E-state index in [9.17, 15) is 4.79 Å². The molecule has 104 valence electrons. The molecule has 0 N–H and O–H groups in total. The fourth-order valence-corrected chi connectivity index (χ4v) is 2.29. The van der Waals surface area contributed by atoms with Crippen molar-refractivity contribution < 1.29 is 4.42 Å². The van der Waals surface area contributed by atoms with Crippen molar-refractivity contribution in [2.75, 3.05) is 0 Å². The van der Waals surface area contributed by atoms with E-state index in [2.05, 4.69) is 29.8 Å². The van der Waals surface area contributed by atoms with Crippen molar-refractivity contribution in [3.63, 3.8) is 0 Å². The first-order valence-electron chi connectivity index (χ1n) is 6.63. The summed E-state index contributed by atoms with van der Waals surface area (Å²) in [6.45, 7) is 6.01. The monoisotopic (exact) mass is 332 g/mol. The fraction of sp³-hybridized carbons (Fsp3) is 0.235. The summed E-state index contributed by atoms with van der Waals surface area (Å²) in [6, 6.07) is 5.48. The Bertz CT molecular complexity index is 842. The predicted molar refractivity (Wildman–Crippen MR) is 88.1 cm³/mol. The van der Waals surface area contributed by atoms with Gasteiger partial charge in [0.1, 0.15) is 11.0 Å². The fourth-order valence-electron chi connectivity index (χ4n) is 1.93. The highest BCUT2D eigenvalue weighted by Crippen LogP contribution is 2.14. The molecule has 2 rings (SSSR count). The molecule has 20 heavy (non-hydrogen) atoms. The number of halogens is 1. The number of hydrogen-bond donors (Lipinski definition) is 0. The van der Waals surface area contributed by atoms with Crippen molar-refractivity contribution in [1.82, 2.24) is 0 Å². The van der Waals surface area contributed by atoms with E-state index in [0.29, 0.717) is 21.6 Å². The van der Waals surface area contributed by atoms with Crippen molar-refractivity contribution in [2.24, 2.45) is 0 Å². The Morgan fingerprint density at radius 3 is 2.80 bits per heavy atom. The summed E-state index contributed by atoms with van der Waals surface area (Å²) in [6.07, 6.45) is 6.65. The summed E-state index contributed by atoms with van der Waals surface area (Å²) >= 11 is 3.38. The highest BCUT2D eigenvalue weighted by Gasteiger charge is 2.04. The van der Waals surface area contributed by atoms with Crippen molar-refractivity contribution in [2.45, 2.75) is 27.2 Å². The summed E-state index contributed by atoms with van der Waals surface area (Å²) in [5, 5.41) is 1.21. The van der Waals surface area contributed by atoms with E-state index in [1.807, 2.05) is 31.2 Å². The lowest BCUT2D eigenvalue weighted by atomic mass is 10.2. The maximum atomic E-state index is 12.5. The van der Waals surface area contributed by atoms with Gasteiger partial charge in [-0.25, -0.2) is 0 Å². The third kappa shape index (κ3) is 2.93. The van der Waals surface area contributed by atoms with Gasteiger partial charge in [-0.1, -0.05) is 40.6 Å². The number of allylic oxidation sites excluding steroid dienone is 2. The lowest BCUT2D eigenvalue weighted by Crippen LogP contribution is -2.38. The average Bonchev–Trinajstić information content (AvgIpc) is 2.45. The van der Waals surface area contributed by atoms with Crippen LogP contribution in [0.5, 0.6) is 0 Å². The Morgan fingerprint density at radius 1 is 1.40 bits per heavy atom. The van der Waals surface area contributed by atoms with Crippen LogP contribution >= 0.6 is 15.9 Å². The molecule has 0 unspecified atom stereocenters. The van der Waals surface area contributed by atoms with Gasteiger partial charge < -0.3 is 4.42 Å². The minimum absolute atomic E-state index is 0.00357. The zero-order valence-corrected chi connectivity index (χ0v) is 13.5. The van der Waals surface area contributed by atoms with Gasteiger partial charge in [0.15, 0.2) is 5.43 Å². The Hall–Kier alpha value is -1.61. The van der Waals surface area contributed by atoms with E-state index in [0.717, 1.165) is 10.9 Å². The highest BCUT2D eigenvalue weighted by molar-refractivity contribution is 9.10. The second-order valence-corrected chi connectivity index (χ2v) is 5.59. The lowest BCUT2D eigenvalue weighted by molar-refractivity contribution is 0.559. The molecule has 1 heterocycles. The second kappa shape index (κ2) is 6.23. The van der Waals surface area contributed by atoms with Gasteiger partial charge in [0, 0.05) is 4.47 Å². The largest absolute Gasteiger partial charge is 0.456 e. The molecule has 0 spiro atoms. The maximum Gasteiger partial charge on any atom is 0.200 e. The molecule has 0 aliphatic heterocycles. The van der Waals surface area contributed by atoms with Crippen LogP contribution in [0.1, 0.15) is 27.2 Å². The van der Waals surface area contributed by atoms with Gasteiger partial charge in [0.25, 0.3) is 0 Å². The third-order valence-electron chi connectivity index (χ3n) is 3.28. The summed E-state index contributed by atoms with van der Waals surface area (Å²) < 4.78 is 6.74. The van der Waals surface area contributed by atoms with Crippen LogP contribution in [0.4, 0.5) is 0 Å².